The fourth-order valence-corrected chi connectivity index (χ4v) is 0.964. The first-order valence-electron chi connectivity index (χ1n) is 3.74. The highest BCUT2D eigenvalue weighted by molar-refractivity contribution is 5.73. The molecule has 1 N–H and O–H groups in total. The molecule has 0 amide bonds. The van der Waals surface area contributed by atoms with Crippen molar-refractivity contribution < 1.29 is 0 Å². The van der Waals surface area contributed by atoms with Gasteiger partial charge in [-0.2, -0.15) is 0 Å². The Kier molecular flexibility index (Phi) is 2.73. The fourth-order valence-electron chi connectivity index (χ4n) is 0.964. The highest BCUT2D eigenvalue weighted by Crippen LogP contribution is 2.30. The molecule has 0 aliphatic carbocycles. The molecule has 0 fully saturated rings. The van der Waals surface area contributed by atoms with E-state index in [1.54, 1.807) is 26.0 Å². The molecule has 1 heterocycles. The lowest BCUT2D eigenvalue weighted by atomic mass is 10.4. The average molecular weight is 181 g/mol. The summed E-state index contributed by atoms with van der Waals surface area (Å²) in [5.41, 5.74) is 0.231. The van der Waals surface area contributed by atoms with Crippen molar-refractivity contribution in [3.05, 3.63) is 11.2 Å². The summed E-state index contributed by atoms with van der Waals surface area (Å²) in [6, 6.07) is 0. The van der Waals surface area contributed by atoms with Crippen molar-refractivity contribution in [2.45, 2.75) is 0 Å². The van der Waals surface area contributed by atoms with E-state index in [0.717, 1.165) is 0 Å². The van der Waals surface area contributed by atoms with E-state index in [2.05, 4.69) is 20.5 Å². The Morgan fingerprint density at radius 3 is 2.62 bits per heavy atom. The molecule has 70 valence electrons. The number of anilines is 2. The average Bonchev–Trinajstić information content (AvgIpc) is 2.16. The Hall–Kier alpha value is -1.72. The normalized spacial score (nSPS) is 9.46. The first-order valence-corrected chi connectivity index (χ1v) is 3.74. The minimum atomic E-state index is 0.231. The van der Waals surface area contributed by atoms with E-state index in [9.17, 15) is 4.91 Å². The maximum atomic E-state index is 10.5. The number of hydrogen-bond acceptors (Lipinski definition) is 6. The fraction of sp³-hybridized carbons (Fsp3) is 0.429. The van der Waals surface area contributed by atoms with Crippen LogP contribution in [-0.4, -0.2) is 31.1 Å². The molecule has 1 aromatic rings. The van der Waals surface area contributed by atoms with Gasteiger partial charge in [-0.15, -0.1) is 4.91 Å². The van der Waals surface area contributed by atoms with E-state index in [1.807, 2.05) is 0 Å². The van der Waals surface area contributed by atoms with Crippen molar-refractivity contribution >= 4 is 17.3 Å². The Bertz CT molecular complexity index is 312. The van der Waals surface area contributed by atoms with E-state index in [1.165, 1.54) is 6.33 Å². The molecule has 0 aromatic carbocycles. The van der Waals surface area contributed by atoms with Gasteiger partial charge in [-0.1, -0.05) is 0 Å². The number of rotatable bonds is 3. The molecule has 1 aromatic heterocycles. The van der Waals surface area contributed by atoms with Crippen LogP contribution in [0.3, 0.4) is 0 Å². The van der Waals surface area contributed by atoms with E-state index >= 15 is 0 Å². The van der Waals surface area contributed by atoms with Gasteiger partial charge in [0.1, 0.15) is 6.33 Å². The van der Waals surface area contributed by atoms with Crippen LogP contribution in [0.1, 0.15) is 0 Å². The van der Waals surface area contributed by atoms with E-state index in [-0.39, 0.29) is 5.69 Å². The summed E-state index contributed by atoms with van der Waals surface area (Å²) < 4.78 is 0. The minimum Gasteiger partial charge on any atom is -0.371 e. The third kappa shape index (κ3) is 1.71. The summed E-state index contributed by atoms with van der Waals surface area (Å²) in [5, 5.41) is 5.65. The lowest BCUT2D eigenvalue weighted by molar-refractivity contribution is 1.03. The highest BCUT2D eigenvalue weighted by Gasteiger charge is 2.11. The summed E-state index contributed by atoms with van der Waals surface area (Å²) >= 11 is 0. The molecule has 1 rings (SSSR count). The second kappa shape index (κ2) is 3.79. The number of nitroso groups, excluding NO2 is 1. The highest BCUT2D eigenvalue weighted by atomic mass is 16.3. The summed E-state index contributed by atoms with van der Waals surface area (Å²) in [6.45, 7) is 0. The van der Waals surface area contributed by atoms with Gasteiger partial charge in [0.05, 0.1) is 0 Å². The van der Waals surface area contributed by atoms with Crippen LogP contribution < -0.4 is 10.2 Å². The zero-order valence-electron chi connectivity index (χ0n) is 7.77. The molecule has 0 radical (unpaired) electrons. The quantitative estimate of drug-likeness (QED) is 0.704. The number of hydrogen-bond donors (Lipinski definition) is 1. The van der Waals surface area contributed by atoms with E-state index in [4.69, 9.17) is 0 Å². The monoisotopic (exact) mass is 181 g/mol. The largest absolute Gasteiger partial charge is 0.371 e. The smallest absolute Gasteiger partial charge is 0.192 e. The number of nitrogens with zero attached hydrogens (tertiary/aromatic N) is 4. The van der Waals surface area contributed by atoms with Gasteiger partial charge >= 0.3 is 0 Å². The molecule has 0 aliphatic rings. The van der Waals surface area contributed by atoms with Crippen LogP contribution in [0.15, 0.2) is 11.5 Å². The lowest BCUT2D eigenvalue weighted by Crippen LogP contribution is -2.11. The molecule has 0 aliphatic heterocycles. The van der Waals surface area contributed by atoms with E-state index in [0.29, 0.717) is 11.6 Å². The maximum absolute atomic E-state index is 10.5. The Morgan fingerprint density at radius 1 is 1.46 bits per heavy atom. The first-order chi connectivity index (χ1) is 6.20. The zero-order valence-corrected chi connectivity index (χ0v) is 7.77. The molecular formula is C7H11N5O. The van der Waals surface area contributed by atoms with Crippen molar-refractivity contribution in [2.24, 2.45) is 5.18 Å². The van der Waals surface area contributed by atoms with E-state index < -0.39 is 0 Å². The van der Waals surface area contributed by atoms with Crippen LogP contribution in [0.5, 0.6) is 0 Å². The summed E-state index contributed by atoms with van der Waals surface area (Å²) in [7, 11) is 5.25. The van der Waals surface area contributed by atoms with Crippen LogP contribution in [-0.2, 0) is 0 Å². The van der Waals surface area contributed by atoms with Gasteiger partial charge in [-0.25, -0.2) is 9.97 Å². The van der Waals surface area contributed by atoms with Crippen molar-refractivity contribution in [1.29, 1.82) is 0 Å². The second-order valence-electron chi connectivity index (χ2n) is 2.63. The second-order valence-corrected chi connectivity index (χ2v) is 2.63. The topological polar surface area (TPSA) is 70.5 Å². The Balaban J connectivity index is 3.27. The molecule has 0 spiro atoms. The van der Waals surface area contributed by atoms with Crippen molar-refractivity contribution in [1.82, 2.24) is 9.97 Å². The van der Waals surface area contributed by atoms with Gasteiger partial charge < -0.3 is 10.2 Å². The number of nitrogens with one attached hydrogen (secondary N) is 1. The summed E-state index contributed by atoms with van der Waals surface area (Å²) in [6.07, 6.45) is 1.38. The van der Waals surface area contributed by atoms with Gasteiger partial charge in [0, 0.05) is 21.1 Å². The predicted molar refractivity (Wildman–Crippen MR) is 51.4 cm³/mol. The molecule has 6 heteroatoms. The lowest BCUT2D eigenvalue weighted by Gasteiger charge is -2.13. The molecule has 0 bridgehead atoms. The van der Waals surface area contributed by atoms with Gasteiger partial charge in [-0.05, 0) is 5.18 Å². The van der Waals surface area contributed by atoms with Crippen LogP contribution in [0.4, 0.5) is 17.3 Å². The molecule has 6 nitrogen and oxygen atoms in total. The SMILES string of the molecule is CNc1ncnc(N(C)C)c1N=O. The van der Waals surface area contributed by atoms with Crippen LogP contribution in [0.25, 0.3) is 0 Å². The summed E-state index contributed by atoms with van der Waals surface area (Å²) in [5.74, 6) is 0.947. The van der Waals surface area contributed by atoms with Crippen molar-refractivity contribution in [3.8, 4) is 0 Å². The predicted octanol–water partition coefficient (Wildman–Crippen LogP) is 0.982. The van der Waals surface area contributed by atoms with Crippen LogP contribution in [0.2, 0.25) is 0 Å². The number of aromatic nitrogens is 2. The molecule has 13 heavy (non-hydrogen) atoms. The van der Waals surface area contributed by atoms with Gasteiger partial charge in [0.15, 0.2) is 17.3 Å². The van der Waals surface area contributed by atoms with Gasteiger partial charge in [-0.3, -0.25) is 0 Å². The van der Waals surface area contributed by atoms with Crippen molar-refractivity contribution in [3.63, 3.8) is 0 Å². The van der Waals surface area contributed by atoms with Crippen LogP contribution in [0, 0.1) is 4.91 Å². The van der Waals surface area contributed by atoms with Crippen LogP contribution >= 0.6 is 0 Å². The molecule has 0 unspecified atom stereocenters. The summed E-state index contributed by atoms with van der Waals surface area (Å²) in [4.78, 5) is 20.0. The Labute approximate surface area is 76.0 Å². The first kappa shape index (κ1) is 9.37. The maximum Gasteiger partial charge on any atom is 0.192 e. The zero-order chi connectivity index (χ0) is 9.84. The molecule has 0 saturated heterocycles. The Morgan fingerprint density at radius 2 is 2.15 bits per heavy atom. The standard InChI is InChI=1S/C7H11N5O/c1-8-6-5(11-13)7(12(2)3)10-4-9-6/h4H,1-3H3,(H,8,9,10). The molecular weight excluding hydrogens is 170 g/mol. The minimum absolute atomic E-state index is 0.231. The third-order valence-electron chi connectivity index (χ3n) is 1.55. The third-order valence-corrected chi connectivity index (χ3v) is 1.55. The van der Waals surface area contributed by atoms with Crippen molar-refractivity contribution in [2.75, 3.05) is 31.4 Å². The van der Waals surface area contributed by atoms with Gasteiger partial charge in [0.2, 0.25) is 0 Å². The van der Waals surface area contributed by atoms with Gasteiger partial charge in [0.25, 0.3) is 0 Å². The molecule has 0 atom stereocenters. The molecule has 0 saturated carbocycles.